The van der Waals surface area contributed by atoms with Crippen molar-refractivity contribution in [1.29, 1.82) is 0 Å². The van der Waals surface area contributed by atoms with E-state index in [0.717, 1.165) is 38.1 Å². The molecule has 3 heterocycles. The van der Waals surface area contributed by atoms with Gasteiger partial charge in [-0.05, 0) is 51.9 Å². The molecule has 0 unspecified atom stereocenters. The Morgan fingerprint density at radius 3 is 2.78 bits per heavy atom. The van der Waals surface area contributed by atoms with Gasteiger partial charge < -0.3 is 9.30 Å². The Bertz CT molecular complexity index is 670. The summed E-state index contributed by atoms with van der Waals surface area (Å²) in [6.07, 6.45) is 5.92. The summed E-state index contributed by atoms with van der Waals surface area (Å²) in [5.74, 6) is 0.482. The molecule has 1 amide bonds. The first-order valence-electron chi connectivity index (χ1n) is 8.46. The highest BCUT2D eigenvalue weighted by atomic mass is 16.2. The predicted octanol–water partition coefficient (Wildman–Crippen LogP) is 2.41. The molecular weight excluding hydrogens is 288 g/mol. The number of hydrogen-bond acceptors (Lipinski definition) is 3. The van der Waals surface area contributed by atoms with Crippen LogP contribution in [0.3, 0.4) is 0 Å². The molecule has 0 N–H and O–H groups in total. The van der Waals surface area contributed by atoms with Crippen LogP contribution in [-0.4, -0.2) is 51.3 Å². The molecule has 2 aromatic rings. The molecule has 5 nitrogen and oxygen atoms in total. The van der Waals surface area contributed by atoms with Crippen molar-refractivity contribution in [3.8, 4) is 0 Å². The summed E-state index contributed by atoms with van der Waals surface area (Å²) in [7, 11) is 1.91. The first kappa shape index (κ1) is 16.0. The van der Waals surface area contributed by atoms with Crippen LogP contribution in [0.2, 0.25) is 0 Å². The number of hydrogen-bond donors (Lipinski definition) is 0. The van der Waals surface area contributed by atoms with Crippen molar-refractivity contribution in [3.05, 3.63) is 36.3 Å². The Morgan fingerprint density at radius 1 is 1.35 bits per heavy atom. The van der Waals surface area contributed by atoms with E-state index < -0.39 is 0 Å². The first-order valence-corrected chi connectivity index (χ1v) is 8.46. The van der Waals surface area contributed by atoms with Crippen molar-refractivity contribution in [3.63, 3.8) is 0 Å². The van der Waals surface area contributed by atoms with Crippen LogP contribution in [-0.2, 0) is 11.3 Å². The minimum atomic E-state index is 0.181. The number of pyridine rings is 1. The molecule has 1 aliphatic heterocycles. The molecule has 23 heavy (non-hydrogen) atoms. The summed E-state index contributed by atoms with van der Waals surface area (Å²) in [6.45, 7) is 6.98. The largest absolute Gasteiger partial charge is 0.343 e. The van der Waals surface area contributed by atoms with Crippen LogP contribution in [0.1, 0.15) is 32.4 Å². The SMILES string of the molecule is CC(C)N(C)C(=O)C1CCN(Cc2cnc3ccccn23)CC1. The fourth-order valence-corrected chi connectivity index (χ4v) is 3.21. The molecule has 0 aromatic carbocycles. The van der Waals surface area contributed by atoms with Crippen molar-refractivity contribution < 1.29 is 4.79 Å². The summed E-state index contributed by atoms with van der Waals surface area (Å²) in [6, 6.07) is 6.34. The third-order valence-corrected chi connectivity index (χ3v) is 4.94. The molecule has 0 spiro atoms. The average Bonchev–Trinajstić information content (AvgIpc) is 2.97. The van der Waals surface area contributed by atoms with Gasteiger partial charge >= 0.3 is 0 Å². The molecule has 124 valence electrons. The molecule has 3 rings (SSSR count). The van der Waals surface area contributed by atoms with E-state index in [9.17, 15) is 4.79 Å². The summed E-state index contributed by atoms with van der Waals surface area (Å²) < 4.78 is 2.14. The Kier molecular flexibility index (Phi) is 4.66. The number of nitrogens with zero attached hydrogens (tertiary/aromatic N) is 4. The van der Waals surface area contributed by atoms with Crippen molar-refractivity contribution in [1.82, 2.24) is 19.2 Å². The van der Waals surface area contributed by atoms with E-state index in [0.29, 0.717) is 5.91 Å². The molecule has 1 fully saturated rings. The van der Waals surface area contributed by atoms with Crippen molar-refractivity contribution in [2.24, 2.45) is 5.92 Å². The van der Waals surface area contributed by atoms with Crippen LogP contribution in [0.15, 0.2) is 30.6 Å². The second-order valence-corrected chi connectivity index (χ2v) is 6.77. The number of likely N-dealkylation sites (tertiary alicyclic amines) is 1. The topological polar surface area (TPSA) is 40.9 Å². The van der Waals surface area contributed by atoms with E-state index in [1.54, 1.807) is 0 Å². The van der Waals surface area contributed by atoms with Crippen LogP contribution in [0.5, 0.6) is 0 Å². The Balaban J connectivity index is 1.58. The van der Waals surface area contributed by atoms with E-state index in [4.69, 9.17) is 0 Å². The van der Waals surface area contributed by atoms with Crippen LogP contribution in [0.25, 0.3) is 5.65 Å². The van der Waals surface area contributed by atoms with E-state index in [1.165, 1.54) is 5.69 Å². The molecular formula is C18H26N4O. The lowest BCUT2D eigenvalue weighted by atomic mass is 9.95. The van der Waals surface area contributed by atoms with E-state index in [1.807, 2.05) is 36.3 Å². The second kappa shape index (κ2) is 6.71. The van der Waals surface area contributed by atoms with Crippen molar-refractivity contribution >= 4 is 11.6 Å². The normalized spacial score (nSPS) is 17.0. The zero-order chi connectivity index (χ0) is 16.4. The summed E-state index contributed by atoms with van der Waals surface area (Å²) >= 11 is 0. The van der Waals surface area contributed by atoms with Crippen molar-refractivity contribution in [2.75, 3.05) is 20.1 Å². The lowest BCUT2D eigenvalue weighted by Gasteiger charge is -2.34. The number of rotatable bonds is 4. The van der Waals surface area contributed by atoms with E-state index in [2.05, 4.69) is 34.3 Å². The summed E-state index contributed by atoms with van der Waals surface area (Å²) in [5, 5.41) is 0. The van der Waals surface area contributed by atoms with Gasteiger partial charge in [-0.2, -0.15) is 0 Å². The molecule has 0 bridgehead atoms. The standard InChI is InChI=1S/C18H26N4O/c1-14(2)20(3)18(23)15-7-10-21(11-8-15)13-16-12-19-17-6-4-5-9-22(16)17/h4-6,9,12,14-15H,7-8,10-11,13H2,1-3H3. The van der Waals surface area contributed by atoms with Crippen LogP contribution >= 0.6 is 0 Å². The highest BCUT2D eigenvalue weighted by Crippen LogP contribution is 2.21. The first-order chi connectivity index (χ1) is 11.1. The van der Waals surface area contributed by atoms with Gasteiger partial charge in [-0.3, -0.25) is 9.69 Å². The van der Waals surface area contributed by atoms with E-state index >= 15 is 0 Å². The van der Waals surface area contributed by atoms with Crippen LogP contribution in [0, 0.1) is 5.92 Å². The summed E-state index contributed by atoms with van der Waals surface area (Å²) in [4.78, 5) is 21.2. The minimum absolute atomic E-state index is 0.181. The molecule has 0 radical (unpaired) electrons. The molecule has 1 aliphatic rings. The minimum Gasteiger partial charge on any atom is -0.343 e. The number of carbonyl (C=O) groups excluding carboxylic acids is 1. The highest BCUT2D eigenvalue weighted by Gasteiger charge is 2.28. The molecule has 0 atom stereocenters. The number of imidazole rings is 1. The zero-order valence-corrected chi connectivity index (χ0v) is 14.3. The van der Waals surface area contributed by atoms with Crippen LogP contribution in [0.4, 0.5) is 0 Å². The second-order valence-electron chi connectivity index (χ2n) is 6.77. The zero-order valence-electron chi connectivity index (χ0n) is 14.3. The monoisotopic (exact) mass is 314 g/mol. The molecule has 2 aromatic heterocycles. The molecule has 0 saturated carbocycles. The van der Waals surface area contributed by atoms with Gasteiger partial charge in [-0.15, -0.1) is 0 Å². The lowest BCUT2D eigenvalue weighted by Crippen LogP contribution is -2.43. The predicted molar refractivity (Wildman–Crippen MR) is 91.1 cm³/mol. The maximum Gasteiger partial charge on any atom is 0.225 e. The van der Waals surface area contributed by atoms with Crippen molar-refractivity contribution in [2.45, 2.75) is 39.3 Å². The van der Waals surface area contributed by atoms with E-state index in [-0.39, 0.29) is 12.0 Å². The summed E-state index contributed by atoms with van der Waals surface area (Å²) in [5.41, 5.74) is 2.20. The number of amides is 1. The van der Waals surface area contributed by atoms with Gasteiger partial charge in [-0.25, -0.2) is 4.98 Å². The molecule has 1 saturated heterocycles. The number of fused-ring (bicyclic) bond motifs is 1. The quantitative estimate of drug-likeness (QED) is 0.870. The Hall–Kier alpha value is -1.88. The third-order valence-electron chi connectivity index (χ3n) is 4.94. The van der Waals surface area contributed by atoms with Gasteiger partial charge in [0.05, 0.1) is 11.9 Å². The van der Waals surface area contributed by atoms with Gasteiger partial charge in [0.2, 0.25) is 5.91 Å². The van der Waals surface area contributed by atoms with Crippen LogP contribution < -0.4 is 0 Å². The maximum atomic E-state index is 12.4. The van der Waals surface area contributed by atoms with Gasteiger partial charge in [-0.1, -0.05) is 6.07 Å². The molecule has 0 aliphatic carbocycles. The Morgan fingerprint density at radius 2 is 2.09 bits per heavy atom. The fraction of sp³-hybridized carbons (Fsp3) is 0.556. The van der Waals surface area contributed by atoms with Gasteiger partial charge in [0.25, 0.3) is 0 Å². The van der Waals surface area contributed by atoms with Gasteiger partial charge in [0.1, 0.15) is 5.65 Å². The molecule has 5 heteroatoms. The number of piperidine rings is 1. The number of aromatic nitrogens is 2. The average molecular weight is 314 g/mol. The maximum absolute atomic E-state index is 12.4. The highest BCUT2D eigenvalue weighted by molar-refractivity contribution is 5.78. The fourth-order valence-electron chi connectivity index (χ4n) is 3.21. The third kappa shape index (κ3) is 3.39. The van der Waals surface area contributed by atoms with Gasteiger partial charge in [0.15, 0.2) is 0 Å². The smallest absolute Gasteiger partial charge is 0.225 e. The Labute approximate surface area is 137 Å². The van der Waals surface area contributed by atoms with Gasteiger partial charge in [0, 0.05) is 31.7 Å². The number of carbonyl (C=O) groups is 1. The lowest BCUT2D eigenvalue weighted by molar-refractivity contribution is -0.137.